The average Bonchev–Trinajstić information content (AvgIpc) is 2.34. The van der Waals surface area contributed by atoms with Gasteiger partial charge in [0, 0.05) is 18.6 Å². The Kier molecular flexibility index (Phi) is 3.20. The van der Waals surface area contributed by atoms with Gasteiger partial charge < -0.3 is 5.73 Å². The Morgan fingerprint density at radius 1 is 1.06 bits per heavy atom. The van der Waals surface area contributed by atoms with E-state index in [0.29, 0.717) is 12.0 Å². The molecule has 1 aliphatic heterocycles. The van der Waals surface area contributed by atoms with Crippen LogP contribution in [0.1, 0.15) is 58.3 Å². The molecule has 2 nitrogen and oxygen atoms in total. The summed E-state index contributed by atoms with van der Waals surface area (Å²) in [6.07, 6.45) is 11.7. The molecule has 0 bridgehead atoms. The van der Waals surface area contributed by atoms with Crippen LogP contribution in [0, 0.1) is 11.3 Å². The largest absolute Gasteiger partial charge is 0.327 e. The maximum Gasteiger partial charge on any atom is 0.0152 e. The third-order valence-corrected chi connectivity index (χ3v) is 5.92. The summed E-state index contributed by atoms with van der Waals surface area (Å²) in [6.45, 7) is 4.86. The first-order valence-corrected chi connectivity index (χ1v) is 7.71. The van der Waals surface area contributed by atoms with E-state index in [0.717, 1.165) is 11.5 Å². The molecule has 0 aromatic heterocycles. The molecular formula is C15H28N2. The molecule has 1 spiro atoms. The number of nitrogens with two attached hydrogens (primary N) is 1. The van der Waals surface area contributed by atoms with Crippen molar-refractivity contribution in [2.24, 2.45) is 17.1 Å². The van der Waals surface area contributed by atoms with Crippen LogP contribution in [0.3, 0.4) is 0 Å². The van der Waals surface area contributed by atoms with Crippen LogP contribution in [-0.4, -0.2) is 30.1 Å². The van der Waals surface area contributed by atoms with Gasteiger partial charge in [-0.1, -0.05) is 26.2 Å². The normalized spacial score (nSPS) is 42.4. The summed E-state index contributed by atoms with van der Waals surface area (Å²) in [7, 11) is 0. The van der Waals surface area contributed by atoms with E-state index in [2.05, 4.69) is 11.8 Å². The molecule has 0 amide bonds. The highest BCUT2D eigenvalue weighted by Gasteiger charge is 2.49. The molecule has 3 aliphatic rings. The van der Waals surface area contributed by atoms with Crippen molar-refractivity contribution >= 4 is 0 Å². The van der Waals surface area contributed by atoms with Gasteiger partial charge in [-0.25, -0.2) is 0 Å². The molecule has 0 aromatic carbocycles. The van der Waals surface area contributed by atoms with Crippen molar-refractivity contribution in [3.63, 3.8) is 0 Å². The molecule has 0 radical (unpaired) electrons. The Hall–Kier alpha value is -0.0800. The first kappa shape index (κ1) is 12.0. The van der Waals surface area contributed by atoms with Crippen LogP contribution in [0.2, 0.25) is 0 Å². The van der Waals surface area contributed by atoms with Gasteiger partial charge in [0.2, 0.25) is 0 Å². The second-order valence-electron chi connectivity index (χ2n) is 6.90. The van der Waals surface area contributed by atoms with E-state index in [1.807, 2.05) is 0 Å². The van der Waals surface area contributed by atoms with Crippen LogP contribution >= 0.6 is 0 Å². The standard InChI is InChI=1S/C15H28N2/c1-12-11-17(10-6-13(12)16)14-5-9-15(14)7-3-2-4-8-15/h12-14H,2-11,16H2,1H3. The van der Waals surface area contributed by atoms with Crippen molar-refractivity contribution in [3.05, 3.63) is 0 Å². The average molecular weight is 236 g/mol. The van der Waals surface area contributed by atoms with Gasteiger partial charge in [-0.15, -0.1) is 0 Å². The zero-order valence-electron chi connectivity index (χ0n) is 11.3. The summed E-state index contributed by atoms with van der Waals surface area (Å²) >= 11 is 0. The minimum absolute atomic E-state index is 0.452. The number of piperidine rings is 1. The first-order valence-electron chi connectivity index (χ1n) is 7.71. The Bertz CT molecular complexity index is 270. The number of rotatable bonds is 1. The molecule has 2 aliphatic carbocycles. The summed E-state index contributed by atoms with van der Waals surface area (Å²) in [5.74, 6) is 0.699. The predicted molar refractivity (Wildman–Crippen MR) is 71.9 cm³/mol. The molecular weight excluding hydrogens is 208 g/mol. The van der Waals surface area contributed by atoms with E-state index in [1.54, 1.807) is 0 Å². The summed E-state index contributed by atoms with van der Waals surface area (Å²) in [5.41, 5.74) is 6.88. The molecule has 2 heteroatoms. The molecule has 2 saturated carbocycles. The lowest BCUT2D eigenvalue weighted by Gasteiger charge is -2.58. The zero-order valence-corrected chi connectivity index (χ0v) is 11.3. The van der Waals surface area contributed by atoms with Crippen molar-refractivity contribution in [1.29, 1.82) is 0 Å². The quantitative estimate of drug-likeness (QED) is 0.758. The van der Waals surface area contributed by atoms with Gasteiger partial charge >= 0.3 is 0 Å². The molecule has 3 unspecified atom stereocenters. The van der Waals surface area contributed by atoms with E-state index >= 15 is 0 Å². The van der Waals surface area contributed by atoms with Gasteiger partial charge in [-0.3, -0.25) is 4.90 Å². The van der Waals surface area contributed by atoms with Gasteiger partial charge in [-0.05, 0) is 50.0 Å². The molecule has 1 heterocycles. The van der Waals surface area contributed by atoms with Crippen molar-refractivity contribution in [2.75, 3.05) is 13.1 Å². The summed E-state index contributed by atoms with van der Waals surface area (Å²) in [6, 6.07) is 1.37. The Labute approximate surface area is 106 Å². The second-order valence-corrected chi connectivity index (χ2v) is 6.90. The van der Waals surface area contributed by atoms with Crippen molar-refractivity contribution in [1.82, 2.24) is 4.90 Å². The topological polar surface area (TPSA) is 29.3 Å². The minimum Gasteiger partial charge on any atom is -0.327 e. The third-order valence-electron chi connectivity index (χ3n) is 5.92. The van der Waals surface area contributed by atoms with Crippen LogP contribution in [0.15, 0.2) is 0 Å². The van der Waals surface area contributed by atoms with Crippen LogP contribution in [0.5, 0.6) is 0 Å². The van der Waals surface area contributed by atoms with Crippen LogP contribution in [0.4, 0.5) is 0 Å². The van der Waals surface area contributed by atoms with E-state index in [1.165, 1.54) is 64.5 Å². The smallest absolute Gasteiger partial charge is 0.0152 e. The fraction of sp³-hybridized carbons (Fsp3) is 1.00. The monoisotopic (exact) mass is 236 g/mol. The van der Waals surface area contributed by atoms with Gasteiger partial charge in [0.15, 0.2) is 0 Å². The number of likely N-dealkylation sites (tertiary alicyclic amines) is 1. The summed E-state index contributed by atoms with van der Waals surface area (Å²) in [5, 5.41) is 0. The molecule has 2 N–H and O–H groups in total. The van der Waals surface area contributed by atoms with E-state index in [4.69, 9.17) is 5.73 Å². The Morgan fingerprint density at radius 2 is 1.82 bits per heavy atom. The summed E-state index contributed by atoms with van der Waals surface area (Å²) in [4.78, 5) is 2.79. The SMILES string of the molecule is CC1CN(C2CCC23CCCCC3)CCC1N. The zero-order chi connectivity index (χ0) is 11.9. The van der Waals surface area contributed by atoms with Crippen LogP contribution < -0.4 is 5.73 Å². The molecule has 17 heavy (non-hydrogen) atoms. The molecule has 98 valence electrons. The minimum atomic E-state index is 0.452. The van der Waals surface area contributed by atoms with Crippen molar-refractivity contribution in [2.45, 2.75) is 70.4 Å². The fourth-order valence-corrected chi connectivity index (χ4v) is 4.57. The highest BCUT2D eigenvalue weighted by molar-refractivity contribution is 5.03. The fourth-order valence-electron chi connectivity index (χ4n) is 4.57. The van der Waals surface area contributed by atoms with Gasteiger partial charge in [0.1, 0.15) is 0 Å². The Morgan fingerprint density at radius 3 is 2.41 bits per heavy atom. The van der Waals surface area contributed by atoms with Crippen LogP contribution in [0.25, 0.3) is 0 Å². The van der Waals surface area contributed by atoms with E-state index in [-0.39, 0.29) is 0 Å². The maximum atomic E-state index is 6.14. The first-order chi connectivity index (χ1) is 8.21. The molecule has 3 rings (SSSR count). The number of hydrogen-bond donors (Lipinski definition) is 1. The number of nitrogens with zero attached hydrogens (tertiary/aromatic N) is 1. The molecule has 1 saturated heterocycles. The Balaban J connectivity index is 1.64. The highest BCUT2D eigenvalue weighted by Crippen LogP contribution is 2.54. The lowest BCUT2D eigenvalue weighted by atomic mass is 9.56. The summed E-state index contributed by atoms with van der Waals surface area (Å²) < 4.78 is 0. The van der Waals surface area contributed by atoms with Gasteiger partial charge in [-0.2, -0.15) is 0 Å². The molecule has 3 fully saturated rings. The second kappa shape index (κ2) is 4.55. The number of hydrogen-bond acceptors (Lipinski definition) is 2. The maximum absolute atomic E-state index is 6.14. The third kappa shape index (κ3) is 2.04. The lowest BCUT2D eigenvalue weighted by molar-refractivity contribution is -0.0682. The molecule has 0 aromatic rings. The van der Waals surface area contributed by atoms with Gasteiger partial charge in [0.05, 0.1) is 0 Å². The van der Waals surface area contributed by atoms with Crippen LogP contribution in [-0.2, 0) is 0 Å². The van der Waals surface area contributed by atoms with E-state index < -0.39 is 0 Å². The van der Waals surface area contributed by atoms with Crippen molar-refractivity contribution < 1.29 is 0 Å². The molecule has 3 atom stereocenters. The highest BCUT2D eigenvalue weighted by atomic mass is 15.2. The van der Waals surface area contributed by atoms with Crippen molar-refractivity contribution in [3.8, 4) is 0 Å². The van der Waals surface area contributed by atoms with Gasteiger partial charge in [0.25, 0.3) is 0 Å². The predicted octanol–water partition coefficient (Wildman–Crippen LogP) is 2.77. The lowest BCUT2D eigenvalue weighted by Crippen LogP contribution is -2.60. The van der Waals surface area contributed by atoms with E-state index in [9.17, 15) is 0 Å².